The number of anilines is 4. The van der Waals surface area contributed by atoms with E-state index in [0.29, 0.717) is 11.5 Å². The van der Waals surface area contributed by atoms with Gasteiger partial charge in [0.05, 0.1) is 0 Å². The number of para-hydroxylation sites is 1. The molecule has 6 nitrogen and oxygen atoms in total. The lowest BCUT2D eigenvalue weighted by molar-refractivity contribution is 0.628. The second kappa shape index (κ2) is 6.55. The van der Waals surface area contributed by atoms with Gasteiger partial charge in [0.25, 0.3) is 0 Å². The smallest absolute Gasteiger partial charge is 0.157 e. The predicted octanol–water partition coefficient (Wildman–Crippen LogP) is 2.60. The zero-order valence-corrected chi connectivity index (χ0v) is 14.7. The molecule has 0 unspecified atom stereocenters. The van der Waals surface area contributed by atoms with Gasteiger partial charge in [0.2, 0.25) is 0 Å². The Morgan fingerprint density at radius 3 is 2.21 bits per heavy atom. The van der Waals surface area contributed by atoms with Crippen LogP contribution in [0.5, 0.6) is 0 Å². The summed E-state index contributed by atoms with van der Waals surface area (Å²) in [7, 11) is 0. The Labute approximate surface area is 143 Å². The highest BCUT2D eigenvalue weighted by atomic mass is 15.3. The van der Waals surface area contributed by atoms with Gasteiger partial charge in [0, 0.05) is 37.4 Å². The first kappa shape index (κ1) is 16.4. The van der Waals surface area contributed by atoms with E-state index < -0.39 is 0 Å². The maximum atomic E-state index is 6.32. The van der Waals surface area contributed by atoms with Crippen LogP contribution in [0, 0.1) is 0 Å². The van der Waals surface area contributed by atoms with Crippen LogP contribution in [0.1, 0.15) is 20.8 Å². The van der Waals surface area contributed by atoms with Gasteiger partial charge in [-0.2, -0.15) is 0 Å². The van der Waals surface area contributed by atoms with Crippen LogP contribution in [-0.2, 0) is 0 Å². The normalized spacial score (nSPS) is 15.5. The first-order valence-corrected chi connectivity index (χ1v) is 8.38. The summed E-state index contributed by atoms with van der Waals surface area (Å²) in [4.78, 5) is 13.4. The molecule has 0 amide bonds. The molecule has 1 aliphatic heterocycles. The molecule has 0 radical (unpaired) electrons. The number of rotatable bonds is 3. The molecule has 0 bridgehead atoms. The molecule has 128 valence electrons. The maximum absolute atomic E-state index is 6.32. The second-order valence-corrected chi connectivity index (χ2v) is 7.14. The Bertz CT molecular complexity index is 672. The number of piperazine rings is 1. The van der Waals surface area contributed by atoms with Crippen LogP contribution in [-0.4, -0.2) is 41.7 Å². The molecule has 0 spiro atoms. The lowest BCUT2D eigenvalue weighted by Crippen LogP contribution is -2.47. The maximum Gasteiger partial charge on any atom is 0.157 e. The Kier molecular flexibility index (Phi) is 4.46. The van der Waals surface area contributed by atoms with Crippen molar-refractivity contribution in [1.29, 1.82) is 0 Å². The summed E-state index contributed by atoms with van der Waals surface area (Å²) in [6.45, 7) is 9.97. The Morgan fingerprint density at radius 2 is 1.58 bits per heavy atom. The van der Waals surface area contributed by atoms with Crippen LogP contribution < -0.4 is 20.9 Å². The molecule has 2 heterocycles. The molecule has 24 heavy (non-hydrogen) atoms. The van der Waals surface area contributed by atoms with Gasteiger partial charge in [0.15, 0.2) is 11.6 Å². The largest absolute Gasteiger partial charge is 0.393 e. The van der Waals surface area contributed by atoms with Gasteiger partial charge in [0.1, 0.15) is 12.0 Å². The van der Waals surface area contributed by atoms with E-state index in [2.05, 4.69) is 70.1 Å². The van der Waals surface area contributed by atoms with Crippen LogP contribution in [0.4, 0.5) is 23.0 Å². The van der Waals surface area contributed by atoms with E-state index in [4.69, 9.17) is 5.73 Å². The summed E-state index contributed by atoms with van der Waals surface area (Å²) in [5.74, 6) is 1.53. The molecule has 2 aromatic rings. The lowest BCUT2D eigenvalue weighted by atomic mass is 10.1. The van der Waals surface area contributed by atoms with E-state index >= 15 is 0 Å². The molecular weight excluding hydrogens is 300 g/mol. The van der Waals surface area contributed by atoms with Crippen LogP contribution in [0.25, 0.3) is 0 Å². The monoisotopic (exact) mass is 326 g/mol. The third kappa shape index (κ3) is 3.69. The van der Waals surface area contributed by atoms with Crippen LogP contribution in [0.15, 0.2) is 36.7 Å². The number of aromatic nitrogens is 2. The molecule has 3 rings (SSSR count). The topological polar surface area (TPSA) is 70.3 Å². The standard InChI is InChI=1S/C18H26N6/c1-18(2,3)22-16-15(19)17(21-13-20-16)24-11-9-23(10-12-24)14-7-5-4-6-8-14/h4-8,13H,9-12,19H2,1-3H3,(H,20,21,22). The fourth-order valence-corrected chi connectivity index (χ4v) is 2.91. The van der Waals surface area contributed by atoms with Crippen molar-refractivity contribution in [2.24, 2.45) is 0 Å². The molecule has 1 aliphatic rings. The van der Waals surface area contributed by atoms with E-state index in [0.717, 1.165) is 32.0 Å². The van der Waals surface area contributed by atoms with Gasteiger partial charge < -0.3 is 20.9 Å². The average molecular weight is 326 g/mol. The lowest BCUT2D eigenvalue weighted by Gasteiger charge is -2.37. The highest BCUT2D eigenvalue weighted by Crippen LogP contribution is 2.29. The first-order valence-electron chi connectivity index (χ1n) is 8.38. The van der Waals surface area contributed by atoms with Crippen LogP contribution in [0.2, 0.25) is 0 Å². The summed E-state index contributed by atoms with van der Waals surface area (Å²) in [6, 6.07) is 10.5. The predicted molar refractivity (Wildman–Crippen MR) is 101 cm³/mol. The minimum atomic E-state index is -0.0915. The van der Waals surface area contributed by atoms with Crippen LogP contribution >= 0.6 is 0 Å². The number of nitrogens with two attached hydrogens (primary N) is 1. The van der Waals surface area contributed by atoms with Gasteiger partial charge in [-0.25, -0.2) is 9.97 Å². The van der Waals surface area contributed by atoms with E-state index in [-0.39, 0.29) is 5.54 Å². The van der Waals surface area contributed by atoms with E-state index in [1.54, 1.807) is 6.33 Å². The number of nitrogens with zero attached hydrogens (tertiary/aromatic N) is 4. The van der Waals surface area contributed by atoms with Crippen LogP contribution in [0.3, 0.4) is 0 Å². The minimum absolute atomic E-state index is 0.0915. The first-order chi connectivity index (χ1) is 11.4. The molecule has 0 saturated carbocycles. The van der Waals surface area contributed by atoms with Crippen molar-refractivity contribution in [1.82, 2.24) is 9.97 Å². The van der Waals surface area contributed by atoms with Crippen molar-refractivity contribution in [3.05, 3.63) is 36.7 Å². The van der Waals surface area contributed by atoms with Crippen molar-refractivity contribution >= 4 is 23.0 Å². The van der Waals surface area contributed by atoms with Crippen molar-refractivity contribution in [3.8, 4) is 0 Å². The quantitative estimate of drug-likeness (QED) is 0.903. The zero-order chi connectivity index (χ0) is 17.2. The molecule has 1 aromatic heterocycles. The molecular formula is C18H26N6. The number of nitrogen functional groups attached to an aromatic ring is 1. The number of benzene rings is 1. The molecule has 1 aromatic carbocycles. The molecule has 1 fully saturated rings. The molecule has 3 N–H and O–H groups in total. The van der Waals surface area contributed by atoms with Gasteiger partial charge in [-0.1, -0.05) is 18.2 Å². The van der Waals surface area contributed by atoms with Crippen molar-refractivity contribution in [2.45, 2.75) is 26.3 Å². The third-order valence-electron chi connectivity index (χ3n) is 4.06. The Balaban J connectivity index is 1.71. The van der Waals surface area contributed by atoms with E-state index in [1.807, 2.05) is 6.07 Å². The average Bonchev–Trinajstić information content (AvgIpc) is 2.57. The van der Waals surface area contributed by atoms with Gasteiger partial charge >= 0.3 is 0 Å². The Hall–Kier alpha value is -2.50. The van der Waals surface area contributed by atoms with Crippen molar-refractivity contribution in [2.75, 3.05) is 47.0 Å². The van der Waals surface area contributed by atoms with Gasteiger partial charge in [-0.05, 0) is 32.9 Å². The molecule has 1 saturated heterocycles. The highest BCUT2D eigenvalue weighted by molar-refractivity contribution is 5.75. The molecule has 0 aliphatic carbocycles. The fourth-order valence-electron chi connectivity index (χ4n) is 2.91. The Morgan fingerprint density at radius 1 is 0.958 bits per heavy atom. The van der Waals surface area contributed by atoms with Gasteiger partial charge in [-0.3, -0.25) is 0 Å². The zero-order valence-electron chi connectivity index (χ0n) is 14.7. The SMILES string of the molecule is CC(C)(C)Nc1ncnc(N2CCN(c3ccccc3)CC2)c1N. The summed E-state index contributed by atoms with van der Waals surface area (Å²) < 4.78 is 0. The third-order valence-corrected chi connectivity index (χ3v) is 4.06. The summed E-state index contributed by atoms with van der Waals surface area (Å²) in [5.41, 5.74) is 8.12. The summed E-state index contributed by atoms with van der Waals surface area (Å²) in [5, 5.41) is 3.35. The summed E-state index contributed by atoms with van der Waals surface area (Å²) >= 11 is 0. The highest BCUT2D eigenvalue weighted by Gasteiger charge is 2.22. The molecule has 6 heteroatoms. The summed E-state index contributed by atoms with van der Waals surface area (Å²) in [6.07, 6.45) is 1.59. The molecule has 0 atom stereocenters. The number of hydrogen-bond donors (Lipinski definition) is 2. The number of nitrogens with one attached hydrogen (secondary N) is 1. The minimum Gasteiger partial charge on any atom is -0.393 e. The van der Waals surface area contributed by atoms with Crippen molar-refractivity contribution in [3.63, 3.8) is 0 Å². The fraction of sp³-hybridized carbons (Fsp3) is 0.444. The van der Waals surface area contributed by atoms with E-state index in [9.17, 15) is 0 Å². The van der Waals surface area contributed by atoms with Gasteiger partial charge in [-0.15, -0.1) is 0 Å². The van der Waals surface area contributed by atoms with E-state index in [1.165, 1.54) is 5.69 Å². The van der Waals surface area contributed by atoms with Crippen molar-refractivity contribution < 1.29 is 0 Å². The number of hydrogen-bond acceptors (Lipinski definition) is 6. The second-order valence-electron chi connectivity index (χ2n) is 7.14.